The quantitative estimate of drug-likeness (QED) is 0.400. The molecule has 0 unspecified atom stereocenters. The molecule has 0 aliphatic heterocycles. The van der Waals surface area contributed by atoms with Crippen LogP contribution in [0.15, 0.2) is 60.2 Å². The standard InChI is InChI=1S/C23H23F5N2O/c1-4-5-8-16(23(26,27)28)14-21(30(2)3)15-11-12-20(19(25)13-15)29-22(31)17-9-6-7-10-18(17)24/h6-14H,4-5H2,1-3H3,(H,29,31). The summed E-state index contributed by atoms with van der Waals surface area (Å²) in [4.78, 5) is 13.6. The van der Waals surface area contributed by atoms with Gasteiger partial charge in [-0.05, 0) is 36.8 Å². The van der Waals surface area contributed by atoms with Crippen molar-refractivity contribution < 1.29 is 26.7 Å². The molecule has 2 rings (SSSR count). The van der Waals surface area contributed by atoms with Crippen molar-refractivity contribution in [3.63, 3.8) is 0 Å². The van der Waals surface area contributed by atoms with Gasteiger partial charge in [0.1, 0.15) is 11.6 Å². The largest absolute Gasteiger partial charge is 0.416 e. The highest BCUT2D eigenvalue weighted by Gasteiger charge is 2.32. The molecule has 0 spiro atoms. The molecule has 0 aliphatic carbocycles. The Kier molecular flexibility index (Phi) is 7.96. The zero-order valence-corrected chi connectivity index (χ0v) is 17.4. The second kappa shape index (κ2) is 10.2. The lowest BCUT2D eigenvalue weighted by Gasteiger charge is -2.20. The van der Waals surface area contributed by atoms with Crippen LogP contribution in [0.4, 0.5) is 27.6 Å². The number of hydrogen-bond donors (Lipinski definition) is 1. The Morgan fingerprint density at radius 3 is 2.29 bits per heavy atom. The van der Waals surface area contributed by atoms with Gasteiger partial charge in [0.15, 0.2) is 0 Å². The molecule has 0 fully saturated rings. The molecule has 0 bridgehead atoms. The highest BCUT2D eigenvalue weighted by atomic mass is 19.4. The third-order valence-corrected chi connectivity index (χ3v) is 4.39. The molecule has 31 heavy (non-hydrogen) atoms. The van der Waals surface area contributed by atoms with Crippen LogP contribution in [-0.2, 0) is 0 Å². The fraction of sp³-hybridized carbons (Fsp3) is 0.261. The first kappa shape index (κ1) is 24.1. The van der Waals surface area contributed by atoms with Crippen molar-refractivity contribution in [3.8, 4) is 0 Å². The molecule has 0 aliphatic rings. The van der Waals surface area contributed by atoms with Crippen LogP contribution in [-0.4, -0.2) is 31.1 Å². The van der Waals surface area contributed by atoms with E-state index in [4.69, 9.17) is 0 Å². The minimum Gasteiger partial charge on any atom is -0.377 e. The number of anilines is 1. The lowest BCUT2D eigenvalue weighted by Crippen LogP contribution is -2.16. The summed E-state index contributed by atoms with van der Waals surface area (Å²) < 4.78 is 68.5. The summed E-state index contributed by atoms with van der Waals surface area (Å²) in [7, 11) is 3.09. The molecule has 1 N–H and O–H groups in total. The fourth-order valence-electron chi connectivity index (χ4n) is 2.79. The normalized spacial score (nSPS) is 12.6. The summed E-state index contributed by atoms with van der Waals surface area (Å²) in [5.41, 5.74) is -0.956. The summed E-state index contributed by atoms with van der Waals surface area (Å²) in [6.45, 7) is 1.77. The summed E-state index contributed by atoms with van der Waals surface area (Å²) >= 11 is 0. The van der Waals surface area contributed by atoms with E-state index < -0.39 is 29.3 Å². The van der Waals surface area contributed by atoms with E-state index in [-0.39, 0.29) is 28.9 Å². The lowest BCUT2D eigenvalue weighted by atomic mass is 10.1. The van der Waals surface area contributed by atoms with Crippen LogP contribution in [0.2, 0.25) is 0 Å². The number of rotatable bonds is 7. The van der Waals surface area contributed by atoms with Crippen molar-refractivity contribution >= 4 is 17.3 Å². The Morgan fingerprint density at radius 1 is 1.06 bits per heavy atom. The number of hydrogen-bond acceptors (Lipinski definition) is 2. The maximum absolute atomic E-state index is 14.6. The Hall–Kier alpha value is -3.16. The van der Waals surface area contributed by atoms with Gasteiger partial charge >= 0.3 is 6.18 Å². The van der Waals surface area contributed by atoms with E-state index >= 15 is 0 Å². The van der Waals surface area contributed by atoms with Crippen LogP contribution in [0.5, 0.6) is 0 Å². The first-order chi connectivity index (χ1) is 14.5. The first-order valence-corrected chi connectivity index (χ1v) is 9.56. The molecular formula is C23H23F5N2O. The molecule has 2 aromatic carbocycles. The first-order valence-electron chi connectivity index (χ1n) is 9.56. The van der Waals surface area contributed by atoms with Crippen LogP contribution in [0.3, 0.4) is 0 Å². The predicted molar refractivity (Wildman–Crippen MR) is 111 cm³/mol. The number of allylic oxidation sites excluding steroid dienone is 3. The topological polar surface area (TPSA) is 32.3 Å². The van der Waals surface area contributed by atoms with Crippen molar-refractivity contribution in [2.24, 2.45) is 0 Å². The zero-order chi connectivity index (χ0) is 23.2. The molecule has 3 nitrogen and oxygen atoms in total. The van der Waals surface area contributed by atoms with Crippen LogP contribution in [0.1, 0.15) is 35.7 Å². The monoisotopic (exact) mass is 438 g/mol. The van der Waals surface area contributed by atoms with E-state index in [1.165, 1.54) is 35.2 Å². The molecular weight excluding hydrogens is 415 g/mol. The molecule has 0 radical (unpaired) electrons. The summed E-state index contributed by atoms with van der Waals surface area (Å²) in [6, 6.07) is 8.88. The van der Waals surface area contributed by atoms with Gasteiger partial charge in [0, 0.05) is 25.4 Å². The van der Waals surface area contributed by atoms with Crippen molar-refractivity contribution in [2.75, 3.05) is 19.4 Å². The second-order valence-corrected chi connectivity index (χ2v) is 7.00. The molecule has 0 atom stereocenters. The fourth-order valence-corrected chi connectivity index (χ4v) is 2.79. The summed E-state index contributed by atoms with van der Waals surface area (Å²) in [5.74, 6) is -2.45. The Labute approximate surface area is 177 Å². The number of nitrogens with zero attached hydrogens (tertiary/aromatic N) is 1. The Balaban J connectivity index is 2.38. The summed E-state index contributed by atoms with van der Waals surface area (Å²) in [5, 5.41) is 2.28. The molecule has 0 saturated heterocycles. The van der Waals surface area contributed by atoms with E-state index in [1.807, 2.05) is 0 Å². The van der Waals surface area contributed by atoms with Gasteiger partial charge in [-0.3, -0.25) is 4.79 Å². The van der Waals surface area contributed by atoms with Gasteiger partial charge in [-0.15, -0.1) is 0 Å². The highest BCUT2D eigenvalue weighted by Crippen LogP contribution is 2.31. The second-order valence-electron chi connectivity index (χ2n) is 7.00. The molecule has 8 heteroatoms. The van der Waals surface area contributed by atoms with Gasteiger partial charge in [0.05, 0.1) is 16.8 Å². The Bertz CT molecular complexity index is 994. The molecule has 0 saturated carbocycles. The van der Waals surface area contributed by atoms with Gasteiger partial charge in [0.2, 0.25) is 0 Å². The number of benzene rings is 2. The van der Waals surface area contributed by atoms with Crippen LogP contribution in [0, 0.1) is 11.6 Å². The van der Waals surface area contributed by atoms with E-state index in [1.54, 1.807) is 21.0 Å². The third kappa shape index (κ3) is 6.41. The minimum atomic E-state index is -4.55. The molecule has 2 aromatic rings. The predicted octanol–water partition coefficient (Wildman–Crippen LogP) is 6.41. The highest BCUT2D eigenvalue weighted by molar-refractivity contribution is 6.04. The van der Waals surface area contributed by atoms with E-state index in [2.05, 4.69) is 5.32 Å². The zero-order valence-electron chi connectivity index (χ0n) is 17.4. The van der Waals surface area contributed by atoms with E-state index in [0.717, 1.165) is 24.3 Å². The van der Waals surface area contributed by atoms with Crippen LogP contribution in [0.25, 0.3) is 5.70 Å². The van der Waals surface area contributed by atoms with Crippen LogP contribution < -0.4 is 5.32 Å². The van der Waals surface area contributed by atoms with Crippen molar-refractivity contribution in [1.82, 2.24) is 4.90 Å². The number of carbonyl (C=O) groups is 1. The van der Waals surface area contributed by atoms with Crippen molar-refractivity contribution in [3.05, 3.63) is 83.0 Å². The third-order valence-electron chi connectivity index (χ3n) is 4.39. The lowest BCUT2D eigenvalue weighted by molar-refractivity contribution is -0.0884. The number of halogens is 5. The summed E-state index contributed by atoms with van der Waals surface area (Å²) in [6.07, 6.45) is -1.69. The smallest absolute Gasteiger partial charge is 0.377 e. The molecule has 0 heterocycles. The Morgan fingerprint density at radius 2 is 1.74 bits per heavy atom. The maximum Gasteiger partial charge on any atom is 0.416 e. The van der Waals surface area contributed by atoms with Crippen LogP contribution >= 0.6 is 0 Å². The SMILES string of the molecule is CCCC=C(C=C(c1ccc(NC(=O)c2ccccc2F)c(F)c1)N(C)C)C(F)(F)F. The van der Waals surface area contributed by atoms with Crippen molar-refractivity contribution in [1.29, 1.82) is 0 Å². The van der Waals surface area contributed by atoms with Gasteiger partial charge < -0.3 is 10.2 Å². The maximum atomic E-state index is 14.6. The number of amides is 1. The number of alkyl halides is 3. The molecule has 1 amide bonds. The van der Waals surface area contributed by atoms with E-state index in [0.29, 0.717) is 6.42 Å². The van der Waals surface area contributed by atoms with Gasteiger partial charge in [0.25, 0.3) is 5.91 Å². The minimum absolute atomic E-state index is 0.144. The van der Waals surface area contributed by atoms with Gasteiger partial charge in [-0.1, -0.05) is 37.6 Å². The number of carbonyl (C=O) groups excluding carboxylic acids is 1. The number of unbranched alkanes of at least 4 members (excludes halogenated alkanes) is 1. The average Bonchev–Trinajstić information content (AvgIpc) is 2.68. The molecule has 0 aromatic heterocycles. The van der Waals surface area contributed by atoms with Crippen molar-refractivity contribution in [2.45, 2.75) is 25.9 Å². The molecule has 166 valence electrons. The van der Waals surface area contributed by atoms with Gasteiger partial charge in [-0.25, -0.2) is 8.78 Å². The number of nitrogens with one attached hydrogen (secondary N) is 1. The van der Waals surface area contributed by atoms with E-state index in [9.17, 15) is 26.7 Å². The average molecular weight is 438 g/mol. The van der Waals surface area contributed by atoms with Gasteiger partial charge in [-0.2, -0.15) is 13.2 Å².